The molecule has 0 aromatic heterocycles. The summed E-state index contributed by atoms with van der Waals surface area (Å²) in [6.07, 6.45) is 1.92. The van der Waals surface area contributed by atoms with Gasteiger partial charge in [0.15, 0.2) is 11.6 Å². The molecular formula is C30H31F2N3O3. The molecule has 8 heteroatoms. The normalized spacial score (nSPS) is 19.3. The molecule has 1 N–H and O–H groups in total. The molecule has 2 fully saturated rings. The molecule has 1 atom stereocenters. The maximum Gasteiger partial charge on any atom is 0.418 e. The van der Waals surface area contributed by atoms with Crippen LogP contribution in [0.5, 0.6) is 0 Å². The fourth-order valence-corrected chi connectivity index (χ4v) is 5.61. The van der Waals surface area contributed by atoms with Crippen molar-refractivity contribution in [3.63, 3.8) is 0 Å². The van der Waals surface area contributed by atoms with Crippen molar-refractivity contribution in [2.24, 2.45) is 0 Å². The van der Waals surface area contributed by atoms with Crippen LogP contribution in [0.2, 0.25) is 0 Å². The number of urea groups is 1. The number of ether oxygens (including phenoxy) is 1. The van der Waals surface area contributed by atoms with Gasteiger partial charge in [-0.25, -0.2) is 23.3 Å². The fourth-order valence-electron chi connectivity index (χ4n) is 5.61. The second-order valence-corrected chi connectivity index (χ2v) is 9.88. The van der Waals surface area contributed by atoms with Gasteiger partial charge in [-0.05, 0) is 67.7 Å². The van der Waals surface area contributed by atoms with Gasteiger partial charge in [0.25, 0.3) is 0 Å². The van der Waals surface area contributed by atoms with Gasteiger partial charge in [-0.3, -0.25) is 0 Å². The van der Waals surface area contributed by atoms with E-state index in [1.54, 1.807) is 0 Å². The molecule has 2 aliphatic rings. The number of nitrogens with zero attached hydrogens (tertiary/aromatic N) is 2. The highest BCUT2D eigenvalue weighted by molar-refractivity contribution is 5.92. The smallest absolute Gasteiger partial charge is 0.418 e. The molecule has 1 unspecified atom stereocenters. The third-order valence-corrected chi connectivity index (χ3v) is 7.71. The summed E-state index contributed by atoms with van der Waals surface area (Å²) in [7, 11) is 0. The van der Waals surface area contributed by atoms with Crippen molar-refractivity contribution in [3.8, 4) is 0 Å². The first-order chi connectivity index (χ1) is 18.5. The number of hydrogen-bond acceptors (Lipinski definition) is 4. The lowest BCUT2D eigenvalue weighted by molar-refractivity contribution is 0.157. The molecule has 3 aromatic carbocycles. The maximum atomic E-state index is 13.7. The number of nitrogens with one attached hydrogen (secondary N) is 1. The van der Waals surface area contributed by atoms with E-state index in [1.807, 2.05) is 12.1 Å². The summed E-state index contributed by atoms with van der Waals surface area (Å²) in [5.74, 6) is -2.02. The van der Waals surface area contributed by atoms with Gasteiger partial charge in [-0.2, -0.15) is 0 Å². The highest BCUT2D eigenvalue weighted by atomic mass is 19.2. The van der Waals surface area contributed by atoms with Crippen LogP contribution in [-0.4, -0.2) is 54.7 Å². The van der Waals surface area contributed by atoms with Crippen LogP contribution < -0.4 is 5.32 Å². The Morgan fingerprint density at radius 1 is 0.921 bits per heavy atom. The van der Waals surface area contributed by atoms with E-state index in [9.17, 15) is 18.4 Å². The minimum atomic E-state index is -1.03. The summed E-state index contributed by atoms with van der Waals surface area (Å²) in [4.78, 5) is 28.3. The first-order valence-corrected chi connectivity index (χ1v) is 13.0. The minimum absolute atomic E-state index is 0.0157. The summed E-state index contributed by atoms with van der Waals surface area (Å²) < 4.78 is 32.0. The summed E-state index contributed by atoms with van der Waals surface area (Å²) >= 11 is 0. The average Bonchev–Trinajstić information content (AvgIpc) is 3.35. The minimum Gasteiger partial charge on any atom is -0.446 e. The number of rotatable bonds is 7. The monoisotopic (exact) mass is 519 g/mol. The zero-order valence-electron chi connectivity index (χ0n) is 21.1. The topological polar surface area (TPSA) is 61.9 Å². The summed E-state index contributed by atoms with van der Waals surface area (Å²) in [5.41, 5.74) is 2.97. The van der Waals surface area contributed by atoms with Gasteiger partial charge >= 0.3 is 12.1 Å². The third-order valence-electron chi connectivity index (χ3n) is 7.71. The van der Waals surface area contributed by atoms with Crippen LogP contribution in [0.3, 0.4) is 0 Å². The Morgan fingerprint density at radius 2 is 1.55 bits per heavy atom. The molecular weight excluding hydrogens is 488 g/mol. The fraction of sp³-hybridized carbons (Fsp3) is 0.333. The van der Waals surface area contributed by atoms with E-state index in [0.29, 0.717) is 18.5 Å². The zero-order valence-corrected chi connectivity index (χ0v) is 21.1. The van der Waals surface area contributed by atoms with Gasteiger partial charge in [0.2, 0.25) is 0 Å². The highest BCUT2D eigenvalue weighted by Crippen LogP contribution is 2.41. The molecule has 38 heavy (non-hydrogen) atoms. The van der Waals surface area contributed by atoms with Crippen LogP contribution in [0.15, 0.2) is 78.9 Å². The van der Waals surface area contributed by atoms with Crippen molar-refractivity contribution in [2.45, 2.75) is 30.7 Å². The maximum absolute atomic E-state index is 13.7. The van der Waals surface area contributed by atoms with Gasteiger partial charge in [-0.15, -0.1) is 0 Å². The van der Waals surface area contributed by atoms with E-state index in [1.165, 1.54) is 17.2 Å². The number of halogens is 2. The van der Waals surface area contributed by atoms with Crippen LogP contribution in [0, 0.1) is 11.6 Å². The van der Waals surface area contributed by atoms with Crippen molar-refractivity contribution < 1.29 is 23.1 Å². The predicted octanol–water partition coefficient (Wildman–Crippen LogP) is 5.64. The largest absolute Gasteiger partial charge is 0.446 e. The molecule has 3 amide bonds. The number of carbonyl (C=O) groups is 2. The van der Waals surface area contributed by atoms with E-state index in [0.717, 1.165) is 49.5 Å². The summed E-state index contributed by atoms with van der Waals surface area (Å²) in [6.45, 7) is 2.97. The number of benzene rings is 3. The van der Waals surface area contributed by atoms with E-state index < -0.39 is 29.8 Å². The zero-order chi connectivity index (χ0) is 26.5. The molecule has 3 aromatic rings. The second kappa shape index (κ2) is 11.3. The molecule has 6 nitrogen and oxygen atoms in total. The Balaban J connectivity index is 1.14. The Bertz CT molecular complexity index is 1220. The molecule has 0 aliphatic carbocycles. The molecule has 0 spiro atoms. The van der Waals surface area contributed by atoms with Crippen LogP contribution in [0.1, 0.15) is 42.0 Å². The van der Waals surface area contributed by atoms with Crippen LogP contribution in [0.25, 0.3) is 0 Å². The number of imide groups is 1. The molecule has 5 rings (SSSR count). The lowest BCUT2D eigenvalue weighted by Gasteiger charge is -2.43. The second-order valence-electron chi connectivity index (χ2n) is 9.88. The lowest BCUT2D eigenvalue weighted by Crippen LogP contribution is -2.45. The van der Waals surface area contributed by atoms with E-state index in [2.05, 4.69) is 58.7 Å². The predicted molar refractivity (Wildman–Crippen MR) is 140 cm³/mol. The van der Waals surface area contributed by atoms with Crippen molar-refractivity contribution in [2.75, 3.05) is 32.8 Å². The van der Waals surface area contributed by atoms with Crippen molar-refractivity contribution in [3.05, 3.63) is 107 Å². The number of amides is 3. The molecule has 0 saturated carbocycles. The molecule has 198 valence electrons. The Kier molecular flexibility index (Phi) is 7.69. The van der Waals surface area contributed by atoms with Gasteiger partial charge in [-0.1, -0.05) is 66.7 Å². The van der Waals surface area contributed by atoms with Crippen molar-refractivity contribution in [1.29, 1.82) is 0 Å². The Morgan fingerprint density at radius 3 is 2.16 bits per heavy atom. The molecule has 0 bridgehead atoms. The number of hydrogen-bond donors (Lipinski definition) is 1. The number of cyclic esters (lactones) is 1. The third kappa shape index (κ3) is 5.27. The van der Waals surface area contributed by atoms with Crippen LogP contribution in [0.4, 0.5) is 18.4 Å². The SMILES string of the molecule is O=C(NCCCN1CCC(c2ccccc2)(c2ccccc2)CC1)N1C(=O)OCC1c1ccc(F)c(F)c1. The summed E-state index contributed by atoms with van der Waals surface area (Å²) in [6, 6.07) is 23.3. The standard InChI is InChI=1S/C30H31F2N3O3/c31-25-13-12-22(20-26(25)32)27-21-38-29(37)35(27)28(36)33-16-7-17-34-18-14-30(15-19-34,23-8-3-1-4-9-23)24-10-5-2-6-11-24/h1-6,8-13,20,27H,7,14-19,21H2,(H,33,36). The van der Waals surface area contributed by atoms with Gasteiger partial charge in [0.1, 0.15) is 12.6 Å². The van der Waals surface area contributed by atoms with E-state index in [-0.39, 0.29) is 12.0 Å². The Labute approximate surface area is 221 Å². The molecule has 2 saturated heterocycles. The number of likely N-dealkylation sites (tertiary alicyclic amines) is 1. The molecule has 2 heterocycles. The number of carbonyl (C=O) groups excluding carboxylic acids is 2. The average molecular weight is 520 g/mol. The van der Waals surface area contributed by atoms with Crippen LogP contribution >= 0.6 is 0 Å². The number of piperidine rings is 1. The van der Waals surface area contributed by atoms with Crippen LogP contribution in [-0.2, 0) is 10.2 Å². The molecule has 0 radical (unpaired) electrons. The summed E-state index contributed by atoms with van der Waals surface area (Å²) in [5, 5.41) is 2.78. The first kappa shape index (κ1) is 25.9. The highest BCUT2D eigenvalue weighted by Gasteiger charge is 2.40. The van der Waals surface area contributed by atoms with Crippen molar-refractivity contribution in [1.82, 2.24) is 15.1 Å². The van der Waals surface area contributed by atoms with Crippen molar-refractivity contribution >= 4 is 12.1 Å². The van der Waals surface area contributed by atoms with E-state index >= 15 is 0 Å². The van der Waals surface area contributed by atoms with Gasteiger partial charge in [0, 0.05) is 12.0 Å². The quantitative estimate of drug-likeness (QED) is 0.411. The van der Waals surface area contributed by atoms with E-state index in [4.69, 9.17) is 4.74 Å². The lowest BCUT2D eigenvalue weighted by atomic mass is 9.68. The van der Waals surface area contributed by atoms with Gasteiger partial charge in [0.05, 0.1) is 0 Å². The Hall–Kier alpha value is -3.78. The first-order valence-electron chi connectivity index (χ1n) is 13.0. The van der Waals surface area contributed by atoms with Gasteiger partial charge < -0.3 is 15.0 Å². The molecule has 2 aliphatic heterocycles.